The first-order valence-corrected chi connectivity index (χ1v) is 7.27. The summed E-state index contributed by atoms with van der Waals surface area (Å²) in [6.07, 6.45) is 1.23. The highest BCUT2D eigenvalue weighted by Crippen LogP contribution is 2.18. The van der Waals surface area contributed by atoms with Gasteiger partial charge in [-0.25, -0.2) is 4.98 Å². The SMILES string of the molecule is Cc1cc(NCCS(=O)C(C)(C)C)ncc1[N+](=O)[O-]. The second-order valence-corrected chi connectivity index (χ2v) is 7.53. The number of nitrogens with one attached hydrogen (secondary N) is 1. The molecular formula is C12H19N3O3S. The fourth-order valence-electron chi connectivity index (χ4n) is 1.41. The Morgan fingerprint density at radius 3 is 2.58 bits per heavy atom. The molecule has 1 N–H and O–H groups in total. The minimum absolute atomic E-state index is 0.00354. The minimum atomic E-state index is -0.927. The van der Waals surface area contributed by atoms with Gasteiger partial charge in [-0.15, -0.1) is 0 Å². The van der Waals surface area contributed by atoms with Crippen molar-refractivity contribution in [1.82, 2.24) is 4.98 Å². The highest BCUT2D eigenvalue weighted by atomic mass is 32.2. The van der Waals surface area contributed by atoms with E-state index >= 15 is 0 Å². The number of pyridine rings is 1. The highest BCUT2D eigenvalue weighted by molar-refractivity contribution is 7.86. The van der Waals surface area contributed by atoms with Crippen LogP contribution in [-0.2, 0) is 10.8 Å². The van der Waals surface area contributed by atoms with Gasteiger partial charge in [-0.2, -0.15) is 0 Å². The van der Waals surface area contributed by atoms with Gasteiger partial charge in [0.2, 0.25) is 0 Å². The molecule has 0 radical (unpaired) electrons. The van der Waals surface area contributed by atoms with E-state index < -0.39 is 15.7 Å². The second-order valence-electron chi connectivity index (χ2n) is 5.20. The molecule has 0 bridgehead atoms. The molecule has 1 aromatic rings. The Morgan fingerprint density at radius 1 is 1.47 bits per heavy atom. The zero-order valence-corrected chi connectivity index (χ0v) is 12.4. The summed E-state index contributed by atoms with van der Waals surface area (Å²) in [5.41, 5.74) is 0.559. The maximum atomic E-state index is 11.8. The molecule has 0 saturated carbocycles. The average molecular weight is 285 g/mol. The van der Waals surface area contributed by atoms with Gasteiger partial charge in [-0.3, -0.25) is 14.3 Å². The van der Waals surface area contributed by atoms with Crippen molar-refractivity contribution in [2.45, 2.75) is 32.4 Å². The molecule has 0 spiro atoms. The Kier molecular flexibility index (Phi) is 4.99. The monoisotopic (exact) mass is 285 g/mol. The smallest absolute Gasteiger partial charge is 0.290 e. The number of hydrogen-bond acceptors (Lipinski definition) is 5. The van der Waals surface area contributed by atoms with Gasteiger partial charge in [-0.1, -0.05) is 0 Å². The van der Waals surface area contributed by atoms with E-state index in [2.05, 4.69) is 10.3 Å². The molecule has 0 aliphatic carbocycles. The van der Waals surface area contributed by atoms with Crippen LogP contribution in [0.1, 0.15) is 26.3 Å². The lowest BCUT2D eigenvalue weighted by Crippen LogP contribution is -2.27. The lowest BCUT2D eigenvalue weighted by atomic mass is 10.2. The van der Waals surface area contributed by atoms with Crippen molar-refractivity contribution in [3.05, 3.63) is 27.9 Å². The summed E-state index contributed by atoms with van der Waals surface area (Å²) >= 11 is 0. The molecule has 0 aromatic carbocycles. The molecule has 0 saturated heterocycles. The molecule has 7 heteroatoms. The summed E-state index contributed by atoms with van der Waals surface area (Å²) in [7, 11) is -0.927. The van der Waals surface area contributed by atoms with Crippen molar-refractivity contribution in [3.8, 4) is 0 Å². The molecule has 0 aliphatic heterocycles. The Labute approximate surface area is 115 Å². The van der Waals surface area contributed by atoms with Crippen LogP contribution in [0.2, 0.25) is 0 Å². The van der Waals surface area contributed by atoms with Crippen LogP contribution in [0, 0.1) is 17.0 Å². The van der Waals surface area contributed by atoms with E-state index in [-0.39, 0.29) is 10.4 Å². The van der Waals surface area contributed by atoms with Gasteiger partial charge < -0.3 is 5.32 Å². The van der Waals surface area contributed by atoms with Gasteiger partial charge >= 0.3 is 0 Å². The van der Waals surface area contributed by atoms with E-state index in [0.29, 0.717) is 23.7 Å². The molecule has 1 heterocycles. The van der Waals surface area contributed by atoms with Crippen LogP contribution >= 0.6 is 0 Å². The van der Waals surface area contributed by atoms with Gasteiger partial charge in [0.1, 0.15) is 12.0 Å². The van der Waals surface area contributed by atoms with E-state index in [4.69, 9.17) is 0 Å². The normalized spacial score (nSPS) is 13.1. The van der Waals surface area contributed by atoms with Crippen molar-refractivity contribution in [3.63, 3.8) is 0 Å². The van der Waals surface area contributed by atoms with E-state index in [1.54, 1.807) is 13.0 Å². The Hall–Kier alpha value is -1.50. The number of nitro groups is 1. The molecule has 1 atom stereocenters. The summed E-state index contributed by atoms with van der Waals surface area (Å²) in [5.74, 6) is 1.08. The quantitative estimate of drug-likeness (QED) is 0.662. The molecule has 0 amide bonds. The molecule has 0 aliphatic rings. The van der Waals surface area contributed by atoms with E-state index in [1.807, 2.05) is 20.8 Å². The fourth-order valence-corrected chi connectivity index (χ4v) is 2.31. The van der Waals surface area contributed by atoms with Crippen LogP contribution in [0.5, 0.6) is 0 Å². The van der Waals surface area contributed by atoms with Crippen LogP contribution in [0.3, 0.4) is 0 Å². The zero-order chi connectivity index (χ0) is 14.6. The first kappa shape index (κ1) is 15.6. The van der Waals surface area contributed by atoms with Gasteiger partial charge in [-0.05, 0) is 33.8 Å². The summed E-state index contributed by atoms with van der Waals surface area (Å²) in [6.45, 7) is 7.97. The van der Waals surface area contributed by atoms with Crippen molar-refractivity contribution in [2.75, 3.05) is 17.6 Å². The molecule has 1 aromatic heterocycles. The van der Waals surface area contributed by atoms with E-state index in [1.165, 1.54) is 6.20 Å². The van der Waals surface area contributed by atoms with Crippen LogP contribution in [0.4, 0.5) is 11.5 Å². The molecular weight excluding hydrogens is 266 g/mol. The minimum Gasteiger partial charge on any atom is -0.369 e. The number of rotatable bonds is 5. The third-order valence-corrected chi connectivity index (χ3v) is 4.50. The Bertz CT molecular complexity index is 497. The van der Waals surface area contributed by atoms with Crippen molar-refractivity contribution in [1.29, 1.82) is 0 Å². The van der Waals surface area contributed by atoms with Crippen LogP contribution in [0.25, 0.3) is 0 Å². The second kappa shape index (κ2) is 6.10. The number of anilines is 1. The highest BCUT2D eigenvalue weighted by Gasteiger charge is 2.18. The lowest BCUT2D eigenvalue weighted by Gasteiger charge is -2.17. The molecule has 1 rings (SSSR count). The predicted molar refractivity (Wildman–Crippen MR) is 76.9 cm³/mol. The van der Waals surface area contributed by atoms with Crippen LogP contribution in [-0.4, -0.2) is 31.2 Å². The third-order valence-electron chi connectivity index (χ3n) is 2.56. The van der Waals surface area contributed by atoms with Gasteiger partial charge in [0, 0.05) is 33.4 Å². The van der Waals surface area contributed by atoms with Crippen molar-refractivity contribution >= 4 is 22.3 Å². The molecule has 0 fully saturated rings. The van der Waals surface area contributed by atoms with E-state index in [0.717, 1.165) is 0 Å². The largest absolute Gasteiger partial charge is 0.369 e. The number of hydrogen-bond donors (Lipinski definition) is 1. The molecule has 1 unspecified atom stereocenters. The third kappa shape index (κ3) is 4.59. The number of aryl methyl sites for hydroxylation is 1. The number of nitrogens with zero attached hydrogens (tertiary/aromatic N) is 2. The van der Waals surface area contributed by atoms with Crippen LogP contribution < -0.4 is 5.32 Å². The standard InChI is InChI=1S/C12H19N3O3S/c1-9-7-11(14-8-10(9)15(16)17)13-5-6-19(18)12(2,3)4/h7-8H,5-6H2,1-4H3,(H,13,14). The maximum Gasteiger partial charge on any atom is 0.290 e. The van der Waals surface area contributed by atoms with Crippen molar-refractivity contribution in [2.24, 2.45) is 0 Å². The Morgan fingerprint density at radius 2 is 2.11 bits per heavy atom. The zero-order valence-electron chi connectivity index (χ0n) is 11.6. The van der Waals surface area contributed by atoms with E-state index in [9.17, 15) is 14.3 Å². The Balaban J connectivity index is 2.58. The summed E-state index contributed by atoms with van der Waals surface area (Å²) in [4.78, 5) is 14.2. The van der Waals surface area contributed by atoms with Gasteiger partial charge in [0.15, 0.2) is 0 Å². The topological polar surface area (TPSA) is 85.1 Å². The fraction of sp³-hybridized carbons (Fsp3) is 0.583. The first-order valence-electron chi connectivity index (χ1n) is 5.95. The predicted octanol–water partition coefficient (Wildman–Crippen LogP) is 2.26. The molecule has 6 nitrogen and oxygen atoms in total. The maximum absolute atomic E-state index is 11.8. The summed E-state index contributed by atoms with van der Waals surface area (Å²) < 4.78 is 11.6. The molecule has 19 heavy (non-hydrogen) atoms. The first-order chi connectivity index (χ1) is 8.71. The summed E-state index contributed by atoms with van der Waals surface area (Å²) in [5, 5.41) is 13.7. The molecule has 106 valence electrons. The van der Waals surface area contributed by atoms with Crippen molar-refractivity contribution < 1.29 is 9.13 Å². The summed E-state index contributed by atoms with van der Waals surface area (Å²) in [6, 6.07) is 1.62. The van der Waals surface area contributed by atoms with Crippen LogP contribution in [0.15, 0.2) is 12.3 Å². The average Bonchev–Trinajstić information content (AvgIpc) is 2.27. The van der Waals surface area contributed by atoms with Gasteiger partial charge in [0.05, 0.1) is 4.92 Å². The van der Waals surface area contributed by atoms with Gasteiger partial charge in [0.25, 0.3) is 5.69 Å². The number of aromatic nitrogens is 1. The lowest BCUT2D eigenvalue weighted by molar-refractivity contribution is -0.385.